The van der Waals surface area contributed by atoms with Gasteiger partial charge in [0, 0.05) is 0 Å². The molecule has 0 aromatic rings. The van der Waals surface area contributed by atoms with Crippen molar-refractivity contribution in [2.24, 2.45) is 5.92 Å². The van der Waals surface area contributed by atoms with E-state index in [9.17, 15) is 22.4 Å². The van der Waals surface area contributed by atoms with Crippen molar-refractivity contribution >= 4 is 5.97 Å². The zero-order valence-corrected chi connectivity index (χ0v) is 7.03. The van der Waals surface area contributed by atoms with Gasteiger partial charge in [0.2, 0.25) is 5.60 Å². The minimum Gasteiger partial charge on any atom is -0.481 e. The molecular formula is C7H6F4O4. The topological polar surface area (TPSA) is 70.1 Å². The molecule has 0 spiro atoms. The molecule has 1 aliphatic heterocycles. The zero-order chi connectivity index (χ0) is 11.6. The van der Waals surface area contributed by atoms with Gasteiger partial charge >= 0.3 is 11.9 Å². The average Bonchev–Trinajstić information content (AvgIpc) is 2.79. The van der Waals surface area contributed by atoms with E-state index in [0.717, 1.165) is 0 Å². The lowest BCUT2D eigenvalue weighted by Gasteiger charge is -2.33. The second-order valence-electron chi connectivity index (χ2n) is 3.59. The minimum absolute atomic E-state index is 1.53. The third-order valence-electron chi connectivity index (χ3n) is 2.82. The van der Waals surface area contributed by atoms with Crippen molar-refractivity contribution in [2.45, 2.75) is 30.2 Å². The second kappa shape index (κ2) is 2.62. The number of rotatable bonds is 2. The predicted molar refractivity (Wildman–Crippen MR) is 35.7 cm³/mol. The van der Waals surface area contributed by atoms with Crippen LogP contribution in [0.3, 0.4) is 0 Å². The highest BCUT2D eigenvalue weighted by Gasteiger charge is 2.85. The Bertz CT molecular complexity index is 320. The maximum absolute atomic E-state index is 13.2. The highest BCUT2D eigenvalue weighted by molar-refractivity contribution is 5.75. The molecule has 2 rings (SSSR count). The number of hydrogen-bond acceptors (Lipinski definition) is 3. The summed E-state index contributed by atoms with van der Waals surface area (Å²) in [5, 5.41) is 17.7. The fourth-order valence-electron chi connectivity index (χ4n) is 1.96. The fraction of sp³-hybridized carbons (Fsp3) is 0.857. The van der Waals surface area contributed by atoms with Crippen LogP contribution in [0.25, 0.3) is 0 Å². The van der Waals surface area contributed by atoms with Gasteiger partial charge in [0.05, 0.1) is 0 Å². The lowest BCUT2D eigenvalue weighted by atomic mass is 9.88. The Morgan fingerprint density at radius 1 is 1.40 bits per heavy atom. The predicted octanol–water partition coefficient (Wildman–Crippen LogP) is 0.0997. The van der Waals surface area contributed by atoms with Crippen molar-refractivity contribution in [3.05, 3.63) is 0 Å². The fourth-order valence-corrected chi connectivity index (χ4v) is 1.96. The molecule has 2 N–H and O–H groups in total. The first-order valence-electron chi connectivity index (χ1n) is 4.01. The number of aliphatic hydroxyl groups is 1. The molecule has 1 heterocycles. The van der Waals surface area contributed by atoms with Crippen molar-refractivity contribution < 1.29 is 37.3 Å². The lowest BCUT2D eigenvalue weighted by molar-refractivity contribution is -0.261. The molecule has 0 aromatic heterocycles. The Hall–Kier alpha value is -0.890. The number of fused-ring (bicyclic) bond motifs is 1. The normalized spacial score (nSPS) is 46.7. The summed E-state index contributed by atoms with van der Waals surface area (Å²) in [5.41, 5.74) is -3.84. The van der Waals surface area contributed by atoms with Crippen molar-refractivity contribution in [1.82, 2.24) is 0 Å². The van der Waals surface area contributed by atoms with Crippen LogP contribution in [-0.2, 0) is 9.53 Å². The number of aliphatic carboxylic acids is 1. The summed E-state index contributed by atoms with van der Waals surface area (Å²) in [6.45, 7) is 0. The summed E-state index contributed by atoms with van der Waals surface area (Å²) >= 11 is 0. The highest BCUT2D eigenvalue weighted by atomic mass is 19.3. The summed E-state index contributed by atoms with van der Waals surface area (Å²) in [7, 11) is 0. The molecule has 1 aliphatic carbocycles. The van der Waals surface area contributed by atoms with Crippen molar-refractivity contribution in [3.8, 4) is 0 Å². The van der Waals surface area contributed by atoms with Gasteiger partial charge in [-0.15, -0.1) is 0 Å². The number of carboxylic acids is 1. The number of alkyl halides is 4. The van der Waals surface area contributed by atoms with Crippen molar-refractivity contribution in [3.63, 3.8) is 0 Å². The second-order valence-corrected chi connectivity index (χ2v) is 3.59. The van der Waals surface area contributed by atoms with E-state index in [4.69, 9.17) is 10.2 Å². The lowest BCUT2D eigenvalue weighted by Crippen LogP contribution is -2.59. The number of ether oxygens (including phenoxy) is 1. The summed E-state index contributed by atoms with van der Waals surface area (Å²) in [4.78, 5) is 10.5. The van der Waals surface area contributed by atoms with Crippen LogP contribution in [0.1, 0.15) is 0 Å². The molecule has 2 aliphatic rings. The van der Waals surface area contributed by atoms with Gasteiger partial charge in [-0.05, 0) is 0 Å². The van der Waals surface area contributed by atoms with Crippen LogP contribution in [0.5, 0.6) is 0 Å². The Kier molecular flexibility index (Phi) is 1.85. The van der Waals surface area contributed by atoms with Gasteiger partial charge in [0.15, 0.2) is 6.10 Å². The maximum Gasteiger partial charge on any atom is 0.312 e. The largest absolute Gasteiger partial charge is 0.481 e. The third-order valence-corrected chi connectivity index (χ3v) is 2.82. The first kappa shape index (κ1) is 10.6. The molecule has 0 unspecified atom stereocenters. The standard InChI is InChI=1S/C7H6F4O4/c8-5(9)6(14)1(4(12)13)2-3(15-2)7(6,10)11/h1-3,5,14H,(H,12,13)/t1-,2+,3-,6-/m1/s1. The van der Waals surface area contributed by atoms with E-state index in [0.29, 0.717) is 0 Å². The van der Waals surface area contributed by atoms with Crippen LogP contribution in [0.15, 0.2) is 0 Å². The molecule has 15 heavy (non-hydrogen) atoms. The number of hydrogen-bond donors (Lipinski definition) is 2. The molecule has 4 atom stereocenters. The zero-order valence-electron chi connectivity index (χ0n) is 7.03. The van der Waals surface area contributed by atoms with Crippen molar-refractivity contribution in [1.29, 1.82) is 0 Å². The van der Waals surface area contributed by atoms with Crippen LogP contribution < -0.4 is 0 Å². The van der Waals surface area contributed by atoms with E-state index in [1.54, 1.807) is 0 Å². The minimum atomic E-state index is -4.24. The van der Waals surface area contributed by atoms with Gasteiger partial charge in [-0.25, -0.2) is 17.6 Å². The molecule has 0 bridgehead atoms. The molecular weight excluding hydrogens is 224 g/mol. The van der Waals surface area contributed by atoms with Gasteiger partial charge < -0.3 is 14.9 Å². The Morgan fingerprint density at radius 3 is 2.27 bits per heavy atom. The first-order chi connectivity index (χ1) is 6.74. The van der Waals surface area contributed by atoms with E-state index in [1.807, 2.05) is 0 Å². The van der Waals surface area contributed by atoms with Gasteiger partial charge in [0.25, 0.3) is 6.43 Å². The summed E-state index contributed by atoms with van der Waals surface area (Å²) in [6.07, 6.45) is -7.29. The summed E-state index contributed by atoms with van der Waals surface area (Å²) in [6, 6.07) is 0. The maximum atomic E-state index is 13.2. The van der Waals surface area contributed by atoms with Crippen LogP contribution in [0.2, 0.25) is 0 Å². The summed E-state index contributed by atoms with van der Waals surface area (Å²) in [5.74, 6) is -8.45. The van der Waals surface area contributed by atoms with Gasteiger partial charge in [0.1, 0.15) is 12.0 Å². The molecule has 1 saturated heterocycles. The van der Waals surface area contributed by atoms with Gasteiger partial charge in [-0.3, -0.25) is 4.79 Å². The van der Waals surface area contributed by atoms with Crippen LogP contribution in [0, 0.1) is 5.92 Å². The molecule has 1 saturated carbocycles. The molecule has 86 valence electrons. The smallest absolute Gasteiger partial charge is 0.312 e. The van der Waals surface area contributed by atoms with Crippen LogP contribution >= 0.6 is 0 Å². The number of carboxylic acid groups (broad SMARTS) is 1. The Morgan fingerprint density at radius 2 is 1.93 bits per heavy atom. The van der Waals surface area contributed by atoms with E-state index in [1.165, 1.54) is 0 Å². The van der Waals surface area contributed by atoms with E-state index in [2.05, 4.69) is 4.74 Å². The van der Waals surface area contributed by atoms with E-state index in [-0.39, 0.29) is 0 Å². The quantitative estimate of drug-likeness (QED) is 0.521. The van der Waals surface area contributed by atoms with Crippen LogP contribution in [-0.4, -0.2) is 46.3 Å². The van der Waals surface area contributed by atoms with Crippen LogP contribution in [0.4, 0.5) is 17.6 Å². The van der Waals surface area contributed by atoms with Gasteiger partial charge in [-0.1, -0.05) is 0 Å². The first-order valence-corrected chi connectivity index (χ1v) is 4.01. The Labute approximate surface area is 80.4 Å². The molecule has 0 amide bonds. The van der Waals surface area contributed by atoms with E-state index >= 15 is 0 Å². The number of epoxide rings is 1. The third kappa shape index (κ3) is 1.01. The molecule has 0 aromatic carbocycles. The number of carbonyl (C=O) groups is 1. The van der Waals surface area contributed by atoms with Crippen molar-refractivity contribution in [2.75, 3.05) is 0 Å². The Balaban J connectivity index is 2.45. The summed E-state index contributed by atoms with van der Waals surface area (Å²) < 4.78 is 55.4. The van der Waals surface area contributed by atoms with E-state index < -0.39 is 42.0 Å². The monoisotopic (exact) mass is 230 g/mol. The molecule has 8 heteroatoms. The van der Waals surface area contributed by atoms with Gasteiger partial charge in [-0.2, -0.15) is 0 Å². The molecule has 2 fully saturated rings. The molecule has 0 radical (unpaired) electrons. The highest BCUT2D eigenvalue weighted by Crippen LogP contribution is 2.60. The average molecular weight is 230 g/mol. The molecule has 4 nitrogen and oxygen atoms in total. The number of halogens is 4. The SMILES string of the molecule is O=C(O)[C@H]1[C@@H]2O[C@H]2C(F)(F)[C@]1(O)C(F)F.